The van der Waals surface area contributed by atoms with Gasteiger partial charge in [0, 0.05) is 5.69 Å². The predicted octanol–water partition coefficient (Wildman–Crippen LogP) is 2.58. The molecule has 2 aromatic rings. The van der Waals surface area contributed by atoms with E-state index in [9.17, 15) is 4.79 Å². The Labute approximate surface area is 104 Å². The molecule has 0 aromatic carbocycles. The molecule has 0 spiro atoms. The highest BCUT2D eigenvalue weighted by atomic mass is 32.1. The fraction of sp³-hybridized carbons (Fsp3) is 0.333. The van der Waals surface area contributed by atoms with E-state index in [1.54, 1.807) is 11.3 Å². The minimum atomic E-state index is -0.0764. The van der Waals surface area contributed by atoms with Crippen molar-refractivity contribution in [2.75, 3.05) is 0 Å². The van der Waals surface area contributed by atoms with Crippen molar-refractivity contribution in [1.29, 1.82) is 0 Å². The Kier molecular flexibility index (Phi) is 3.28. The van der Waals surface area contributed by atoms with Crippen molar-refractivity contribution in [1.82, 2.24) is 15.5 Å². The Hall–Kier alpha value is -1.62. The number of amides is 1. The topological polar surface area (TPSA) is 57.8 Å². The Morgan fingerprint density at radius 1 is 1.53 bits per heavy atom. The summed E-state index contributed by atoms with van der Waals surface area (Å²) in [6.07, 6.45) is 0. The maximum Gasteiger partial charge on any atom is 0.255 e. The first-order valence-corrected chi connectivity index (χ1v) is 6.38. The van der Waals surface area contributed by atoms with Gasteiger partial charge in [-0.3, -0.25) is 9.89 Å². The van der Waals surface area contributed by atoms with Crippen molar-refractivity contribution in [2.45, 2.75) is 26.8 Å². The van der Waals surface area contributed by atoms with Crippen molar-refractivity contribution in [2.24, 2.45) is 0 Å². The molecule has 2 N–H and O–H groups in total. The first-order chi connectivity index (χ1) is 8.09. The van der Waals surface area contributed by atoms with Crippen LogP contribution in [-0.4, -0.2) is 16.1 Å². The Morgan fingerprint density at radius 3 is 2.82 bits per heavy atom. The molecule has 17 heavy (non-hydrogen) atoms. The van der Waals surface area contributed by atoms with E-state index < -0.39 is 0 Å². The lowest BCUT2D eigenvalue weighted by Crippen LogP contribution is -2.27. The lowest BCUT2D eigenvalue weighted by Gasteiger charge is -2.12. The van der Waals surface area contributed by atoms with Gasteiger partial charge in [-0.15, -0.1) is 0 Å². The average Bonchev–Trinajstić information content (AvgIpc) is 2.88. The molecule has 4 nitrogen and oxygen atoms in total. The molecule has 0 bridgehead atoms. The molecule has 1 unspecified atom stereocenters. The highest BCUT2D eigenvalue weighted by Gasteiger charge is 2.17. The first-order valence-electron chi connectivity index (χ1n) is 5.44. The summed E-state index contributed by atoms with van der Waals surface area (Å²) in [4.78, 5) is 12.1. The Morgan fingerprint density at radius 2 is 2.29 bits per heavy atom. The van der Waals surface area contributed by atoms with Gasteiger partial charge in [0.25, 0.3) is 5.91 Å². The van der Waals surface area contributed by atoms with Crippen LogP contribution in [0.4, 0.5) is 0 Å². The lowest BCUT2D eigenvalue weighted by atomic mass is 10.1. The molecular weight excluding hydrogens is 234 g/mol. The van der Waals surface area contributed by atoms with Gasteiger partial charge in [-0.25, -0.2) is 0 Å². The Bertz CT molecular complexity index is 496. The van der Waals surface area contributed by atoms with E-state index in [1.807, 2.05) is 37.6 Å². The van der Waals surface area contributed by atoms with E-state index in [0.717, 1.165) is 17.0 Å². The van der Waals surface area contributed by atoms with Crippen molar-refractivity contribution in [3.05, 3.63) is 39.3 Å². The maximum absolute atomic E-state index is 12.1. The van der Waals surface area contributed by atoms with Gasteiger partial charge in [-0.1, -0.05) is 0 Å². The first kappa shape index (κ1) is 11.9. The molecule has 2 rings (SSSR count). The van der Waals surface area contributed by atoms with Crippen LogP contribution in [-0.2, 0) is 0 Å². The van der Waals surface area contributed by atoms with Crippen LogP contribution in [0.3, 0.4) is 0 Å². The molecule has 90 valence electrons. The summed E-state index contributed by atoms with van der Waals surface area (Å²) in [5.74, 6) is -0.0764. The standard InChI is InChI=1S/C12H15N3OS/c1-7(10-4-5-17-6-10)13-12(16)11-8(2)14-15-9(11)3/h4-7H,1-3H3,(H,13,16)(H,14,15). The predicted molar refractivity (Wildman–Crippen MR) is 68.3 cm³/mol. The van der Waals surface area contributed by atoms with E-state index in [2.05, 4.69) is 15.5 Å². The molecule has 0 aliphatic heterocycles. The van der Waals surface area contributed by atoms with Crippen molar-refractivity contribution >= 4 is 17.2 Å². The molecule has 0 radical (unpaired) electrons. The highest BCUT2D eigenvalue weighted by molar-refractivity contribution is 7.07. The number of thiophene rings is 1. The van der Waals surface area contributed by atoms with Crippen LogP contribution in [0.25, 0.3) is 0 Å². The second-order valence-corrected chi connectivity index (χ2v) is 4.84. The third kappa shape index (κ3) is 2.39. The number of hydrogen-bond donors (Lipinski definition) is 2. The number of carbonyl (C=O) groups excluding carboxylic acids is 1. The normalized spacial score (nSPS) is 12.4. The molecule has 5 heteroatoms. The van der Waals surface area contributed by atoms with Gasteiger partial charge >= 0.3 is 0 Å². The zero-order chi connectivity index (χ0) is 12.4. The summed E-state index contributed by atoms with van der Waals surface area (Å²) in [7, 11) is 0. The van der Waals surface area contributed by atoms with Gasteiger partial charge in [0.15, 0.2) is 0 Å². The number of rotatable bonds is 3. The van der Waals surface area contributed by atoms with Crippen LogP contribution in [0.2, 0.25) is 0 Å². The molecule has 0 aliphatic rings. The SMILES string of the molecule is Cc1n[nH]c(C)c1C(=O)NC(C)c1ccsc1. The smallest absolute Gasteiger partial charge is 0.255 e. The van der Waals surface area contributed by atoms with Gasteiger partial charge < -0.3 is 5.32 Å². The minimum Gasteiger partial charge on any atom is -0.345 e. The van der Waals surface area contributed by atoms with E-state index in [4.69, 9.17) is 0 Å². The number of nitrogens with one attached hydrogen (secondary N) is 2. The fourth-order valence-electron chi connectivity index (χ4n) is 1.76. The Balaban J connectivity index is 2.12. The minimum absolute atomic E-state index is 0.0162. The fourth-order valence-corrected chi connectivity index (χ4v) is 2.51. The number of aromatic nitrogens is 2. The van der Waals surface area contributed by atoms with Crippen LogP contribution < -0.4 is 5.32 Å². The summed E-state index contributed by atoms with van der Waals surface area (Å²) in [6.45, 7) is 5.66. The number of nitrogens with zero attached hydrogens (tertiary/aromatic N) is 1. The summed E-state index contributed by atoms with van der Waals surface area (Å²) in [5.41, 5.74) is 3.31. The molecule has 1 atom stereocenters. The zero-order valence-corrected chi connectivity index (χ0v) is 10.9. The lowest BCUT2D eigenvalue weighted by molar-refractivity contribution is 0.0939. The number of carbonyl (C=O) groups is 1. The molecule has 0 saturated heterocycles. The van der Waals surface area contributed by atoms with Gasteiger partial charge in [0.2, 0.25) is 0 Å². The van der Waals surface area contributed by atoms with E-state index >= 15 is 0 Å². The van der Waals surface area contributed by atoms with E-state index in [1.165, 1.54) is 0 Å². The van der Waals surface area contributed by atoms with Gasteiger partial charge in [-0.2, -0.15) is 16.4 Å². The van der Waals surface area contributed by atoms with Crippen molar-refractivity contribution in [3.63, 3.8) is 0 Å². The largest absolute Gasteiger partial charge is 0.345 e. The maximum atomic E-state index is 12.1. The average molecular weight is 249 g/mol. The van der Waals surface area contributed by atoms with Gasteiger partial charge in [-0.05, 0) is 43.2 Å². The number of aromatic amines is 1. The molecule has 1 amide bonds. The van der Waals surface area contributed by atoms with Crippen LogP contribution in [0, 0.1) is 13.8 Å². The number of hydrogen-bond acceptors (Lipinski definition) is 3. The number of aryl methyl sites for hydroxylation is 2. The van der Waals surface area contributed by atoms with Crippen LogP contribution in [0.5, 0.6) is 0 Å². The van der Waals surface area contributed by atoms with Crippen molar-refractivity contribution < 1.29 is 4.79 Å². The summed E-state index contributed by atoms with van der Waals surface area (Å²) >= 11 is 1.63. The quantitative estimate of drug-likeness (QED) is 0.878. The molecule has 0 saturated carbocycles. The van der Waals surface area contributed by atoms with Crippen LogP contribution in [0.15, 0.2) is 16.8 Å². The highest BCUT2D eigenvalue weighted by Crippen LogP contribution is 2.17. The summed E-state index contributed by atoms with van der Waals surface area (Å²) in [6, 6.07) is 2.03. The van der Waals surface area contributed by atoms with Crippen LogP contribution >= 0.6 is 11.3 Å². The molecule has 0 aliphatic carbocycles. The third-order valence-electron chi connectivity index (χ3n) is 2.75. The van der Waals surface area contributed by atoms with Gasteiger partial charge in [0.05, 0.1) is 17.3 Å². The number of H-pyrrole nitrogens is 1. The second-order valence-electron chi connectivity index (χ2n) is 4.06. The van der Waals surface area contributed by atoms with Gasteiger partial charge in [0.1, 0.15) is 0 Å². The van der Waals surface area contributed by atoms with Crippen molar-refractivity contribution in [3.8, 4) is 0 Å². The molecule has 2 heterocycles. The third-order valence-corrected chi connectivity index (χ3v) is 3.45. The monoisotopic (exact) mass is 249 g/mol. The summed E-state index contributed by atoms with van der Waals surface area (Å²) < 4.78 is 0. The van der Waals surface area contributed by atoms with Crippen LogP contribution in [0.1, 0.15) is 40.3 Å². The zero-order valence-electron chi connectivity index (χ0n) is 10.1. The second kappa shape index (κ2) is 4.71. The van der Waals surface area contributed by atoms with E-state index in [-0.39, 0.29) is 11.9 Å². The van der Waals surface area contributed by atoms with E-state index in [0.29, 0.717) is 5.56 Å². The summed E-state index contributed by atoms with van der Waals surface area (Å²) in [5, 5.41) is 13.9. The molecule has 0 fully saturated rings. The molecular formula is C12H15N3OS. The molecule has 2 aromatic heterocycles.